The number of nitrogens with one attached hydrogen (secondary N) is 3. The molecule has 0 spiro atoms. The van der Waals surface area contributed by atoms with Crippen molar-refractivity contribution in [3.8, 4) is 0 Å². The Kier molecular flexibility index (Phi) is 15.1. The molecule has 184 valence electrons. The average molecular weight is 478 g/mol. The summed E-state index contributed by atoms with van der Waals surface area (Å²) in [6.45, 7) is 1.83. The predicted octanol–water partition coefficient (Wildman–Crippen LogP) is -1.38. The molecule has 0 aromatic heterocycles. The van der Waals surface area contributed by atoms with E-state index >= 15 is 0 Å². The number of nitrogens with two attached hydrogens (primary N) is 2. The Labute approximate surface area is 191 Å². The van der Waals surface area contributed by atoms with Crippen LogP contribution >= 0.6 is 11.8 Å². The van der Waals surface area contributed by atoms with Gasteiger partial charge in [-0.3, -0.25) is 19.2 Å². The summed E-state index contributed by atoms with van der Waals surface area (Å²) in [5, 5.41) is 25.6. The highest BCUT2D eigenvalue weighted by molar-refractivity contribution is 7.98. The van der Waals surface area contributed by atoms with Crippen LogP contribution in [0.1, 0.15) is 45.4 Å². The maximum absolute atomic E-state index is 12.8. The summed E-state index contributed by atoms with van der Waals surface area (Å²) in [7, 11) is 0. The summed E-state index contributed by atoms with van der Waals surface area (Å²) in [5.41, 5.74) is 10.9. The fourth-order valence-corrected chi connectivity index (χ4v) is 3.11. The van der Waals surface area contributed by atoms with E-state index < -0.39 is 60.2 Å². The molecule has 0 saturated heterocycles. The molecule has 0 aliphatic rings. The lowest BCUT2D eigenvalue weighted by atomic mass is 10.1. The summed E-state index contributed by atoms with van der Waals surface area (Å²) in [4.78, 5) is 59.8. The maximum Gasteiger partial charge on any atom is 0.326 e. The molecule has 0 fully saturated rings. The lowest BCUT2D eigenvalue weighted by molar-refractivity contribution is -0.143. The summed E-state index contributed by atoms with van der Waals surface area (Å²) < 4.78 is 0. The standard InChI is InChI=1S/C19H35N5O7S/c1-11(21)16(27)22-13(8-10-32-2)18(29)23-12(6-7-15(25)26)17(28)24-14(19(30)31)5-3-4-9-20/h11-14H,3-10,20-21H2,1-2H3,(H,22,27)(H,23,29)(H,24,28)(H,25,26)(H,30,31). The molecule has 4 atom stereocenters. The average Bonchev–Trinajstić information content (AvgIpc) is 2.72. The molecular formula is C19H35N5O7S. The van der Waals surface area contributed by atoms with Gasteiger partial charge in [0.15, 0.2) is 0 Å². The number of rotatable bonds is 17. The molecule has 0 aromatic carbocycles. The molecular weight excluding hydrogens is 442 g/mol. The Morgan fingerprint density at radius 2 is 1.38 bits per heavy atom. The number of thioether (sulfide) groups is 1. The fraction of sp³-hybridized carbons (Fsp3) is 0.737. The van der Waals surface area contributed by atoms with Gasteiger partial charge in [0.25, 0.3) is 0 Å². The number of carbonyl (C=O) groups is 5. The molecule has 0 radical (unpaired) electrons. The van der Waals surface area contributed by atoms with E-state index in [1.54, 1.807) is 0 Å². The van der Waals surface area contributed by atoms with Crippen molar-refractivity contribution in [3.05, 3.63) is 0 Å². The minimum Gasteiger partial charge on any atom is -0.481 e. The van der Waals surface area contributed by atoms with Crippen LogP contribution in [-0.4, -0.2) is 82.6 Å². The van der Waals surface area contributed by atoms with Crippen molar-refractivity contribution in [2.45, 2.75) is 69.6 Å². The van der Waals surface area contributed by atoms with Crippen molar-refractivity contribution >= 4 is 41.4 Å². The second-order valence-electron chi connectivity index (χ2n) is 7.31. The summed E-state index contributed by atoms with van der Waals surface area (Å²) >= 11 is 1.45. The summed E-state index contributed by atoms with van der Waals surface area (Å²) in [5.74, 6) is -3.95. The van der Waals surface area contributed by atoms with Crippen LogP contribution in [0.25, 0.3) is 0 Å². The van der Waals surface area contributed by atoms with Crippen LogP contribution in [-0.2, 0) is 24.0 Å². The minimum atomic E-state index is -1.29. The number of hydrogen-bond acceptors (Lipinski definition) is 8. The maximum atomic E-state index is 12.8. The van der Waals surface area contributed by atoms with Crippen molar-refractivity contribution < 1.29 is 34.2 Å². The Morgan fingerprint density at radius 1 is 0.844 bits per heavy atom. The van der Waals surface area contributed by atoms with Gasteiger partial charge in [0.05, 0.1) is 6.04 Å². The third kappa shape index (κ3) is 12.5. The van der Waals surface area contributed by atoms with E-state index in [1.165, 1.54) is 18.7 Å². The number of hydrogen-bond donors (Lipinski definition) is 7. The SMILES string of the molecule is CSCCC(NC(=O)C(C)N)C(=O)NC(CCC(=O)O)C(=O)NC(CCCCN)C(=O)O. The molecule has 9 N–H and O–H groups in total. The zero-order chi connectivity index (χ0) is 24.7. The lowest BCUT2D eigenvalue weighted by Gasteiger charge is -2.24. The van der Waals surface area contributed by atoms with Gasteiger partial charge in [-0.2, -0.15) is 11.8 Å². The van der Waals surface area contributed by atoms with Crippen LogP contribution in [0.5, 0.6) is 0 Å². The second-order valence-corrected chi connectivity index (χ2v) is 8.29. The number of amides is 3. The third-order valence-electron chi connectivity index (χ3n) is 4.50. The first kappa shape index (κ1) is 29.6. The van der Waals surface area contributed by atoms with E-state index in [0.717, 1.165) is 0 Å². The molecule has 3 amide bonds. The van der Waals surface area contributed by atoms with Gasteiger partial charge in [-0.1, -0.05) is 0 Å². The molecule has 0 saturated carbocycles. The molecule has 0 heterocycles. The molecule has 12 nitrogen and oxygen atoms in total. The van der Waals surface area contributed by atoms with Gasteiger partial charge in [-0.15, -0.1) is 0 Å². The molecule has 0 aliphatic heterocycles. The zero-order valence-corrected chi connectivity index (χ0v) is 19.3. The lowest BCUT2D eigenvalue weighted by Crippen LogP contribution is -2.57. The number of carbonyl (C=O) groups excluding carboxylic acids is 3. The van der Waals surface area contributed by atoms with Crippen LogP contribution in [0.2, 0.25) is 0 Å². The Hall–Kier alpha value is -2.38. The Bertz CT molecular complexity index is 648. The third-order valence-corrected chi connectivity index (χ3v) is 5.14. The van der Waals surface area contributed by atoms with E-state index in [-0.39, 0.29) is 19.3 Å². The largest absolute Gasteiger partial charge is 0.481 e. The Balaban J connectivity index is 5.39. The first-order valence-electron chi connectivity index (χ1n) is 10.3. The van der Waals surface area contributed by atoms with E-state index in [2.05, 4.69) is 16.0 Å². The van der Waals surface area contributed by atoms with Gasteiger partial charge in [0, 0.05) is 6.42 Å². The van der Waals surface area contributed by atoms with Gasteiger partial charge in [-0.25, -0.2) is 4.79 Å². The van der Waals surface area contributed by atoms with Crippen LogP contribution in [0.3, 0.4) is 0 Å². The van der Waals surface area contributed by atoms with Gasteiger partial charge in [0.2, 0.25) is 17.7 Å². The molecule has 0 bridgehead atoms. The van der Waals surface area contributed by atoms with Gasteiger partial charge in [0.1, 0.15) is 18.1 Å². The normalized spacial score (nSPS) is 14.5. The number of carboxylic acid groups (broad SMARTS) is 2. The monoisotopic (exact) mass is 477 g/mol. The second kappa shape index (κ2) is 16.3. The van der Waals surface area contributed by atoms with Crippen molar-refractivity contribution in [3.63, 3.8) is 0 Å². The number of carboxylic acids is 2. The number of unbranched alkanes of at least 4 members (excludes halogenated alkanes) is 1. The van der Waals surface area contributed by atoms with Gasteiger partial charge >= 0.3 is 11.9 Å². The van der Waals surface area contributed by atoms with E-state index in [4.69, 9.17) is 16.6 Å². The molecule has 0 aromatic rings. The van der Waals surface area contributed by atoms with E-state index in [1.807, 2.05) is 6.26 Å². The first-order chi connectivity index (χ1) is 15.0. The highest BCUT2D eigenvalue weighted by Gasteiger charge is 2.30. The topological polar surface area (TPSA) is 214 Å². The summed E-state index contributed by atoms with van der Waals surface area (Å²) in [6.07, 6.45) is 2.59. The van der Waals surface area contributed by atoms with Crippen LogP contribution in [0, 0.1) is 0 Å². The van der Waals surface area contributed by atoms with Gasteiger partial charge in [-0.05, 0) is 57.6 Å². The van der Waals surface area contributed by atoms with Crippen LogP contribution in [0.15, 0.2) is 0 Å². The van der Waals surface area contributed by atoms with Crippen molar-refractivity contribution in [1.29, 1.82) is 0 Å². The first-order valence-corrected chi connectivity index (χ1v) is 11.7. The molecule has 32 heavy (non-hydrogen) atoms. The van der Waals surface area contributed by atoms with Crippen LogP contribution < -0.4 is 27.4 Å². The molecule has 4 unspecified atom stereocenters. The highest BCUT2D eigenvalue weighted by Crippen LogP contribution is 2.07. The minimum absolute atomic E-state index is 0.138. The highest BCUT2D eigenvalue weighted by atomic mass is 32.2. The van der Waals surface area contributed by atoms with E-state index in [9.17, 15) is 29.1 Å². The van der Waals surface area contributed by atoms with Crippen molar-refractivity contribution in [2.75, 3.05) is 18.6 Å². The fourth-order valence-electron chi connectivity index (χ4n) is 2.64. The number of aliphatic carboxylic acids is 2. The zero-order valence-electron chi connectivity index (χ0n) is 18.5. The van der Waals surface area contributed by atoms with Crippen molar-refractivity contribution in [1.82, 2.24) is 16.0 Å². The van der Waals surface area contributed by atoms with Crippen LogP contribution in [0.4, 0.5) is 0 Å². The van der Waals surface area contributed by atoms with Gasteiger partial charge < -0.3 is 37.6 Å². The predicted molar refractivity (Wildman–Crippen MR) is 120 cm³/mol. The molecule has 13 heteroatoms. The van der Waals surface area contributed by atoms with E-state index in [0.29, 0.717) is 25.1 Å². The molecule has 0 rings (SSSR count). The smallest absolute Gasteiger partial charge is 0.326 e. The summed E-state index contributed by atoms with van der Waals surface area (Å²) in [6, 6.07) is -4.33. The molecule has 0 aliphatic carbocycles. The van der Waals surface area contributed by atoms with Crippen molar-refractivity contribution in [2.24, 2.45) is 11.5 Å². The quantitative estimate of drug-likeness (QED) is 0.122. The Morgan fingerprint density at radius 3 is 1.84 bits per heavy atom.